The smallest absolute Gasteiger partial charge is 0.291 e. The lowest BCUT2D eigenvalue weighted by Gasteiger charge is -2.11. The van der Waals surface area contributed by atoms with Crippen molar-refractivity contribution >= 4 is 22.6 Å². The topological polar surface area (TPSA) is 68.5 Å². The highest BCUT2D eigenvalue weighted by molar-refractivity contribution is 6.03. The van der Waals surface area contributed by atoms with Crippen molar-refractivity contribution in [2.75, 3.05) is 11.9 Å². The average molecular weight is 337 g/mol. The minimum Gasteiger partial charge on any atom is -0.492 e. The van der Waals surface area contributed by atoms with Gasteiger partial charge in [-0.15, -0.1) is 0 Å². The molecule has 1 N–H and O–H groups in total. The molecular weight excluding hydrogens is 318 g/mol. The number of carbonyl (C=O) groups excluding carboxylic acids is 1. The summed E-state index contributed by atoms with van der Waals surface area (Å²) in [4.78, 5) is 24.9. The zero-order valence-corrected chi connectivity index (χ0v) is 14.4. The van der Waals surface area contributed by atoms with E-state index in [1.165, 1.54) is 6.07 Å². The Bertz CT molecular complexity index is 1000. The van der Waals surface area contributed by atoms with Gasteiger partial charge in [-0.1, -0.05) is 18.2 Å². The monoisotopic (exact) mass is 337 g/mol. The van der Waals surface area contributed by atoms with Crippen molar-refractivity contribution in [2.24, 2.45) is 0 Å². The van der Waals surface area contributed by atoms with Crippen LogP contribution in [0.1, 0.15) is 28.6 Å². The first kappa shape index (κ1) is 16.8. The minimum atomic E-state index is -0.493. The maximum absolute atomic E-state index is 12.6. The molecule has 25 heavy (non-hydrogen) atoms. The predicted octanol–water partition coefficient (Wildman–Crippen LogP) is 4.06. The maximum atomic E-state index is 12.6. The standard InChI is InChI=1S/C20H19NO4/c1-4-24-17-8-6-5-7-15(17)21-20(23)18-11-16(22)14-10-9-12(2)13(3)19(14)25-18/h5-11H,4H2,1-3H3,(H,21,23). The summed E-state index contributed by atoms with van der Waals surface area (Å²) in [5.74, 6) is 0.0399. The molecule has 128 valence electrons. The van der Waals surface area contributed by atoms with Crippen LogP contribution in [0.25, 0.3) is 11.0 Å². The molecule has 1 heterocycles. The number of para-hydroxylation sites is 2. The van der Waals surface area contributed by atoms with Crippen LogP contribution in [0, 0.1) is 13.8 Å². The Balaban J connectivity index is 2.01. The molecule has 0 fully saturated rings. The number of hydrogen-bond acceptors (Lipinski definition) is 4. The zero-order chi connectivity index (χ0) is 18.0. The summed E-state index contributed by atoms with van der Waals surface area (Å²) in [6, 6.07) is 11.9. The molecule has 1 amide bonds. The number of benzene rings is 2. The van der Waals surface area contributed by atoms with Gasteiger partial charge < -0.3 is 14.5 Å². The molecule has 5 heteroatoms. The fourth-order valence-corrected chi connectivity index (χ4v) is 2.60. The molecule has 0 saturated heterocycles. The summed E-state index contributed by atoms with van der Waals surface area (Å²) in [6.45, 7) is 6.15. The van der Waals surface area contributed by atoms with Gasteiger partial charge >= 0.3 is 0 Å². The molecule has 1 aromatic heterocycles. The molecule has 0 unspecified atom stereocenters. The van der Waals surface area contributed by atoms with Crippen LogP contribution in [0.2, 0.25) is 0 Å². The van der Waals surface area contributed by atoms with Crippen LogP contribution in [0.4, 0.5) is 5.69 Å². The van der Waals surface area contributed by atoms with E-state index in [1.807, 2.05) is 32.9 Å². The van der Waals surface area contributed by atoms with Gasteiger partial charge in [-0.2, -0.15) is 0 Å². The van der Waals surface area contributed by atoms with E-state index in [4.69, 9.17) is 9.15 Å². The molecule has 3 aromatic rings. The second kappa shape index (κ2) is 6.81. The molecule has 0 saturated carbocycles. The Hall–Kier alpha value is -3.08. The average Bonchev–Trinajstić information content (AvgIpc) is 2.60. The number of hydrogen-bond donors (Lipinski definition) is 1. The maximum Gasteiger partial charge on any atom is 0.291 e. The van der Waals surface area contributed by atoms with Gasteiger partial charge in [-0.3, -0.25) is 9.59 Å². The molecule has 3 rings (SSSR count). The van der Waals surface area contributed by atoms with E-state index in [1.54, 1.807) is 24.3 Å². The van der Waals surface area contributed by atoms with Crippen LogP contribution in [-0.4, -0.2) is 12.5 Å². The van der Waals surface area contributed by atoms with Crippen LogP contribution in [0.5, 0.6) is 5.75 Å². The third-order valence-electron chi connectivity index (χ3n) is 4.08. The summed E-state index contributed by atoms with van der Waals surface area (Å²) < 4.78 is 11.2. The van der Waals surface area contributed by atoms with Crippen LogP contribution in [0.3, 0.4) is 0 Å². The van der Waals surface area contributed by atoms with Crippen molar-refractivity contribution in [2.45, 2.75) is 20.8 Å². The van der Waals surface area contributed by atoms with Crippen LogP contribution < -0.4 is 15.5 Å². The number of amides is 1. The number of ether oxygens (including phenoxy) is 1. The quantitative estimate of drug-likeness (QED) is 0.779. The van der Waals surface area contributed by atoms with Crippen LogP contribution >= 0.6 is 0 Å². The van der Waals surface area contributed by atoms with Gasteiger partial charge in [0.2, 0.25) is 0 Å². The van der Waals surface area contributed by atoms with Gasteiger partial charge in [-0.05, 0) is 50.1 Å². The first-order valence-electron chi connectivity index (χ1n) is 8.08. The first-order valence-corrected chi connectivity index (χ1v) is 8.08. The number of rotatable bonds is 4. The van der Waals surface area contributed by atoms with E-state index >= 15 is 0 Å². The highest BCUT2D eigenvalue weighted by Crippen LogP contribution is 2.25. The molecule has 0 aliphatic carbocycles. The van der Waals surface area contributed by atoms with Crippen molar-refractivity contribution in [1.29, 1.82) is 0 Å². The first-order chi connectivity index (χ1) is 12.0. The molecular formula is C20H19NO4. The predicted molar refractivity (Wildman–Crippen MR) is 97.5 cm³/mol. The van der Waals surface area contributed by atoms with Crippen LogP contribution in [-0.2, 0) is 0 Å². The zero-order valence-electron chi connectivity index (χ0n) is 14.4. The van der Waals surface area contributed by atoms with Crippen molar-refractivity contribution in [3.05, 3.63) is 69.6 Å². The summed E-state index contributed by atoms with van der Waals surface area (Å²) in [7, 11) is 0. The number of carbonyl (C=O) groups is 1. The molecule has 0 radical (unpaired) electrons. The van der Waals surface area contributed by atoms with Crippen molar-refractivity contribution in [3.63, 3.8) is 0 Å². The Labute approximate surface area is 145 Å². The van der Waals surface area contributed by atoms with Gasteiger partial charge in [-0.25, -0.2) is 0 Å². The van der Waals surface area contributed by atoms with Crippen LogP contribution in [0.15, 0.2) is 51.7 Å². The lowest BCUT2D eigenvalue weighted by atomic mass is 10.1. The van der Waals surface area contributed by atoms with Gasteiger partial charge in [0, 0.05) is 6.07 Å². The summed E-state index contributed by atoms with van der Waals surface area (Å²) in [6.07, 6.45) is 0. The van der Waals surface area contributed by atoms with Gasteiger partial charge in [0.1, 0.15) is 11.3 Å². The second-order valence-electron chi connectivity index (χ2n) is 5.74. The molecule has 5 nitrogen and oxygen atoms in total. The molecule has 0 aliphatic rings. The normalized spacial score (nSPS) is 10.7. The molecule has 0 bridgehead atoms. The molecule has 2 aromatic carbocycles. The lowest BCUT2D eigenvalue weighted by molar-refractivity contribution is 0.0996. The Morgan fingerprint density at radius 3 is 2.68 bits per heavy atom. The molecule has 0 aliphatic heterocycles. The van der Waals surface area contributed by atoms with Crippen molar-refractivity contribution in [1.82, 2.24) is 0 Å². The van der Waals surface area contributed by atoms with E-state index in [9.17, 15) is 9.59 Å². The van der Waals surface area contributed by atoms with Gasteiger partial charge in [0.15, 0.2) is 11.2 Å². The van der Waals surface area contributed by atoms with E-state index in [-0.39, 0.29) is 11.2 Å². The van der Waals surface area contributed by atoms with E-state index in [2.05, 4.69) is 5.32 Å². The third-order valence-corrected chi connectivity index (χ3v) is 4.08. The number of anilines is 1. The number of nitrogens with one attached hydrogen (secondary N) is 1. The minimum absolute atomic E-state index is 0.0301. The Morgan fingerprint density at radius 1 is 1.16 bits per heavy atom. The van der Waals surface area contributed by atoms with Gasteiger partial charge in [0.05, 0.1) is 17.7 Å². The fraction of sp³-hybridized carbons (Fsp3) is 0.200. The summed E-state index contributed by atoms with van der Waals surface area (Å²) in [5.41, 5.74) is 2.57. The summed E-state index contributed by atoms with van der Waals surface area (Å²) >= 11 is 0. The highest BCUT2D eigenvalue weighted by atomic mass is 16.5. The second-order valence-corrected chi connectivity index (χ2v) is 5.74. The Morgan fingerprint density at radius 2 is 1.92 bits per heavy atom. The fourth-order valence-electron chi connectivity index (χ4n) is 2.60. The Kier molecular flexibility index (Phi) is 4.57. The summed E-state index contributed by atoms with van der Waals surface area (Å²) in [5, 5.41) is 3.21. The van der Waals surface area contributed by atoms with E-state index in [0.717, 1.165) is 11.1 Å². The van der Waals surface area contributed by atoms with Crippen molar-refractivity contribution in [3.8, 4) is 5.75 Å². The third kappa shape index (κ3) is 3.26. The highest BCUT2D eigenvalue weighted by Gasteiger charge is 2.16. The van der Waals surface area contributed by atoms with Crippen molar-refractivity contribution < 1.29 is 13.9 Å². The van der Waals surface area contributed by atoms with Gasteiger partial charge in [0.25, 0.3) is 5.91 Å². The SMILES string of the molecule is CCOc1ccccc1NC(=O)c1cc(=O)c2ccc(C)c(C)c2o1. The molecule has 0 atom stereocenters. The van der Waals surface area contributed by atoms with E-state index < -0.39 is 5.91 Å². The van der Waals surface area contributed by atoms with E-state index in [0.29, 0.717) is 29.0 Å². The largest absolute Gasteiger partial charge is 0.492 e. The number of aryl methyl sites for hydroxylation is 2. The number of fused-ring (bicyclic) bond motifs is 1. The lowest BCUT2D eigenvalue weighted by Crippen LogP contribution is -2.16. The molecule has 0 spiro atoms.